The molecule has 0 saturated carbocycles. The molecule has 1 unspecified atom stereocenters. The van der Waals surface area contributed by atoms with Gasteiger partial charge in [0.05, 0.1) is 10.0 Å². The summed E-state index contributed by atoms with van der Waals surface area (Å²) < 4.78 is 0. The predicted molar refractivity (Wildman–Crippen MR) is 62.0 cm³/mol. The molecule has 0 amide bonds. The van der Waals surface area contributed by atoms with E-state index in [0.717, 1.165) is 6.42 Å². The third-order valence-electron chi connectivity index (χ3n) is 1.95. The van der Waals surface area contributed by atoms with E-state index in [4.69, 9.17) is 28.9 Å². The first kappa shape index (κ1) is 11.4. The smallest absolute Gasteiger partial charge is 0.147 e. The fourth-order valence-corrected chi connectivity index (χ4v) is 1.33. The second-order valence-electron chi connectivity index (χ2n) is 3.14. The number of halogens is 2. The van der Waals surface area contributed by atoms with Gasteiger partial charge in [0.15, 0.2) is 0 Å². The van der Waals surface area contributed by atoms with Gasteiger partial charge in [0.2, 0.25) is 0 Å². The molecule has 0 radical (unpaired) electrons. The maximum atomic E-state index is 5.94. The molecule has 78 valence electrons. The average molecular weight is 234 g/mol. The van der Waals surface area contributed by atoms with Gasteiger partial charge in [-0.3, -0.25) is 0 Å². The normalized spacial score (nSPS) is 12.6. The molecule has 3 nitrogen and oxygen atoms in total. The lowest BCUT2D eigenvalue weighted by atomic mass is 10.2. The second-order valence-corrected chi connectivity index (χ2v) is 3.95. The van der Waals surface area contributed by atoms with Crippen LogP contribution in [0, 0.1) is 0 Å². The summed E-state index contributed by atoms with van der Waals surface area (Å²) in [6, 6.07) is 1.90. The average Bonchev–Trinajstić information content (AvgIpc) is 2.14. The minimum Gasteiger partial charge on any atom is -0.382 e. The van der Waals surface area contributed by atoms with Crippen molar-refractivity contribution in [3.05, 3.63) is 16.1 Å². The summed E-state index contributed by atoms with van der Waals surface area (Å²) in [7, 11) is 0. The zero-order chi connectivity index (χ0) is 10.7. The molecule has 0 spiro atoms. The summed E-state index contributed by atoms with van der Waals surface area (Å²) in [4.78, 5) is 4.06. The molecule has 0 saturated heterocycles. The Labute approximate surface area is 93.6 Å². The fraction of sp³-hybridized carbons (Fsp3) is 0.444. The number of hydrogen-bond acceptors (Lipinski definition) is 3. The molecule has 1 aromatic rings. The predicted octanol–water partition coefficient (Wildman–Crippen LogP) is 3.18. The molecule has 0 aliphatic heterocycles. The van der Waals surface area contributed by atoms with E-state index in [9.17, 15) is 0 Å². The van der Waals surface area contributed by atoms with Crippen molar-refractivity contribution >= 4 is 34.8 Å². The van der Waals surface area contributed by atoms with Gasteiger partial charge in [-0.2, -0.15) is 0 Å². The van der Waals surface area contributed by atoms with Gasteiger partial charge in [-0.15, -0.1) is 0 Å². The van der Waals surface area contributed by atoms with Crippen molar-refractivity contribution in [1.82, 2.24) is 4.98 Å². The largest absolute Gasteiger partial charge is 0.382 e. The van der Waals surface area contributed by atoms with Gasteiger partial charge in [-0.25, -0.2) is 4.98 Å². The van der Waals surface area contributed by atoms with Crippen molar-refractivity contribution in [3.8, 4) is 0 Å². The van der Waals surface area contributed by atoms with E-state index in [0.29, 0.717) is 27.7 Å². The van der Waals surface area contributed by atoms with Crippen LogP contribution in [0.2, 0.25) is 10.0 Å². The lowest BCUT2D eigenvalue weighted by molar-refractivity contribution is 0.759. The topological polar surface area (TPSA) is 50.9 Å². The van der Waals surface area contributed by atoms with Gasteiger partial charge in [-0.05, 0) is 19.4 Å². The second kappa shape index (κ2) is 4.71. The number of nitrogens with zero attached hydrogens (tertiary/aromatic N) is 1. The lowest BCUT2D eigenvalue weighted by Gasteiger charge is -2.13. The number of anilines is 2. The number of nitrogen functional groups attached to an aromatic ring is 1. The summed E-state index contributed by atoms with van der Waals surface area (Å²) in [6.45, 7) is 4.12. The number of nitrogens with one attached hydrogen (secondary N) is 1. The standard InChI is InChI=1S/C9H13Cl2N3/c1-3-5(2)13-9-7(11)4-6(10)8(12)14-9/h4-5H,3H2,1-2H3,(H3,12,13,14). The number of nitrogens with two attached hydrogens (primary N) is 1. The highest BCUT2D eigenvalue weighted by molar-refractivity contribution is 6.37. The molecule has 1 atom stereocenters. The lowest BCUT2D eigenvalue weighted by Crippen LogP contribution is -2.15. The van der Waals surface area contributed by atoms with Crippen molar-refractivity contribution in [3.63, 3.8) is 0 Å². The molecule has 0 aliphatic carbocycles. The van der Waals surface area contributed by atoms with Crippen molar-refractivity contribution in [2.75, 3.05) is 11.1 Å². The third-order valence-corrected chi connectivity index (χ3v) is 2.54. The van der Waals surface area contributed by atoms with E-state index in [1.54, 1.807) is 6.07 Å². The Morgan fingerprint density at radius 1 is 1.50 bits per heavy atom. The molecule has 0 fully saturated rings. The van der Waals surface area contributed by atoms with Crippen LogP contribution in [0.25, 0.3) is 0 Å². The molecule has 0 aromatic carbocycles. The molecule has 1 aromatic heterocycles. The Bertz CT molecular complexity index is 328. The fourth-order valence-electron chi connectivity index (χ4n) is 0.917. The summed E-state index contributed by atoms with van der Waals surface area (Å²) >= 11 is 11.7. The minimum atomic E-state index is 0.293. The van der Waals surface area contributed by atoms with Crippen LogP contribution in [-0.2, 0) is 0 Å². The van der Waals surface area contributed by atoms with Crippen LogP contribution in [0.15, 0.2) is 6.07 Å². The number of aromatic nitrogens is 1. The first-order valence-corrected chi connectivity index (χ1v) is 5.18. The van der Waals surface area contributed by atoms with Crippen molar-refractivity contribution < 1.29 is 0 Å². The monoisotopic (exact) mass is 233 g/mol. The molecule has 1 rings (SSSR count). The first-order valence-electron chi connectivity index (χ1n) is 4.42. The van der Waals surface area contributed by atoms with E-state index in [1.807, 2.05) is 6.92 Å². The Kier molecular flexibility index (Phi) is 3.84. The highest BCUT2D eigenvalue weighted by atomic mass is 35.5. The van der Waals surface area contributed by atoms with E-state index < -0.39 is 0 Å². The van der Waals surface area contributed by atoms with Crippen LogP contribution in [-0.4, -0.2) is 11.0 Å². The van der Waals surface area contributed by atoms with E-state index in [-0.39, 0.29) is 0 Å². The van der Waals surface area contributed by atoms with Crippen LogP contribution in [0.3, 0.4) is 0 Å². The Balaban J connectivity index is 2.92. The third kappa shape index (κ3) is 2.66. The van der Waals surface area contributed by atoms with Gasteiger partial charge in [0, 0.05) is 6.04 Å². The molecular weight excluding hydrogens is 221 g/mol. The molecule has 0 aliphatic rings. The highest BCUT2D eigenvalue weighted by Gasteiger charge is 2.08. The maximum Gasteiger partial charge on any atom is 0.147 e. The zero-order valence-electron chi connectivity index (χ0n) is 8.14. The van der Waals surface area contributed by atoms with Gasteiger partial charge in [0.25, 0.3) is 0 Å². The van der Waals surface area contributed by atoms with Gasteiger partial charge < -0.3 is 11.1 Å². The molecule has 3 N–H and O–H groups in total. The molecule has 5 heteroatoms. The Hall–Kier alpha value is -0.670. The van der Waals surface area contributed by atoms with E-state index >= 15 is 0 Å². The zero-order valence-corrected chi connectivity index (χ0v) is 9.65. The SMILES string of the molecule is CCC(C)Nc1nc(N)c(Cl)cc1Cl. The Morgan fingerprint density at radius 2 is 2.14 bits per heavy atom. The molecule has 1 heterocycles. The number of hydrogen-bond donors (Lipinski definition) is 2. The maximum absolute atomic E-state index is 5.94. The van der Waals surface area contributed by atoms with E-state index in [1.165, 1.54) is 0 Å². The molecular formula is C9H13Cl2N3. The van der Waals surface area contributed by atoms with Crippen molar-refractivity contribution in [1.29, 1.82) is 0 Å². The summed E-state index contributed by atoms with van der Waals surface area (Å²) in [5, 5.41) is 4.02. The first-order chi connectivity index (χ1) is 6.54. The van der Waals surface area contributed by atoms with Crippen LogP contribution in [0.5, 0.6) is 0 Å². The van der Waals surface area contributed by atoms with Crippen molar-refractivity contribution in [2.45, 2.75) is 26.3 Å². The van der Waals surface area contributed by atoms with Crippen LogP contribution in [0.4, 0.5) is 11.6 Å². The minimum absolute atomic E-state index is 0.293. The van der Waals surface area contributed by atoms with Gasteiger partial charge in [0.1, 0.15) is 11.6 Å². The van der Waals surface area contributed by atoms with Crippen LogP contribution >= 0.6 is 23.2 Å². The van der Waals surface area contributed by atoms with Gasteiger partial charge >= 0.3 is 0 Å². The van der Waals surface area contributed by atoms with E-state index in [2.05, 4.69) is 17.2 Å². The summed E-state index contributed by atoms with van der Waals surface area (Å²) in [6.07, 6.45) is 0.987. The van der Waals surface area contributed by atoms with Crippen molar-refractivity contribution in [2.24, 2.45) is 0 Å². The van der Waals surface area contributed by atoms with Gasteiger partial charge in [-0.1, -0.05) is 30.1 Å². The summed E-state index contributed by atoms with van der Waals surface area (Å²) in [5.41, 5.74) is 5.57. The highest BCUT2D eigenvalue weighted by Crippen LogP contribution is 2.27. The Morgan fingerprint density at radius 3 is 2.71 bits per heavy atom. The van der Waals surface area contributed by atoms with Crippen LogP contribution in [0.1, 0.15) is 20.3 Å². The summed E-state index contributed by atoms with van der Waals surface area (Å²) in [5.74, 6) is 0.879. The van der Waals surface area contributed by atoms with Crippen LogP contribution < -0.4 is 11.1 Å². The quantitative estimate of drug-likeness (QED) is 0.844. The molecule has 14 heavy (non-hydrogen) atoms. The molecule has 0 bridgehead atoms. The number of pyridine rings is 1. The number of rotatable bonds is 3.